The summed E-state index contributed by atoms with van der Waals surface area (Å²) in [5, 5.41) is 0. The van der Waals surface area contributed by atoms with Gasteiger partial charge in [-0.2, -0.15) is 0 Å². The maximum absolute atomic E-state index is 6.31. The number of hydrogen-bond donors (Lipinski definition) is 1. The van der Waals surface area contributed by atoms with Crippen molar-refractivity contribution >= 4 is 0 Å². The second kappa shape index (κ2) is 6.78. The summed E-state index contributed by atoms with van der Waals surface area (Å²) in [5.41, 5.74) is 7.34. The SMILES string of the molecule is COc1ccc(OC)c(C(N)CCN2CCCC2)c1. The minimum Gasteiger partial charge on any atom is -0.497 e. The summed E-state index contributed by atoms with van der Waals surface area (Å²) in [6, 6.07) is 5.79. The molecule has 4 heteroatoms. The molecule has 106 valence electrons. The van der Waals surface area contributed by atoms with E-state index in [9.17, 15) is 0 Å². The molecule has 1 aliphatic rings. The molecule has 0 saturated carbocycles. The molecular formula is C15H24N2O2. The Morgan fingerprint density at radius 1 is 1.21 bits per heavy atom. The molecule has 0 aliphatic carbocycles. The van der Waals surface area contributed by atoms with Crippen LogP contribution in [0.5, 0.6) is 11.5 Å². The van der Waals surface area contributed by atoms with Gasteiger partial charge in [0.1, 0.15) is 11.5 Å². The molecule has 0 aromatic heterocycles. The normalized spacial score (nSPS) is 17.4. The van der Waals surface area contributed by atoms with E-state index in [1.54, 1.807) is 14.2 Å². The first kappa shape index (κ1) is 14.2. The summed E-state index contributed by atoms with van der Waals surface area (Å²) in [4.78, 5) is 2.48. The van der Waals surface area contributed by atoms with E-state index in [-0.39, 0.29) is 6.04 Å². The fraction of sp³-hybridized carbons (Fsp3) is 0.600. The van der Waals surface area contributed by atoms with Crippen molar-refractivity contribution in [1.82, 2.24) is 4.90 Å². The molecule has 1 saturated heterocycles. The summed E-state index contributed by atoms with van der Waals surface area (Å²) >= 11 is 0. The summed E-state index contributed by atoms with van der Waals surface area (Å²) in [5.74, 6) is 1.67. The van der Waals surface area contributed by atoms with Gasteiger partial charge in [-0.1, -0.05) is 0 Å². The lowest BCUT2D eigenvalue weighted by Crippen LogP contribution is -2.24. The van der Waals surface area contributed by atoms with E-state index in [0.29, 0.717) is 0 Å². The second-order valence-electron chi connectivity index (χ2n) is 5.05. The number of nitrogens with zero attached hydrogens (tertiary/aromatic N) is 1. The van der Waals surface area contributed by atoms with Gasteiger partial charge < -0.3 is 20.1 Å². The third kappa shape index (κ3) is 3.61. The van der Waals surface area contributed by atoms with Crippen LogP contribution in [0.1, 0.15) is 30.9 Å². The minimum atomic E-state index is -0.00866. The van der Waals surface area contributed by atoms with E-state index in [0.717, 1.165) is 30.0 Å². The number of likely N-dealkylation sites (tertiary alicyclic amines) is 1. The van der Waals surface area contributed by atoms with Gasteiger partial charge in [-0.25, -0.2) is 0 Å². The predicted octanol–water partition coefficient (Wildman–Crippen LogP) is 2.19. The van der Waals surface area contributed by atoms with Crippen LogP contribution in [0, 0.1) is 0 Å². The fourth-order valence-electron chi connectivity index (χ4n) is 2.61. The van der Waals surface area contributed by atoms with Crippen LogP contribution < -0.4 is 15.2 Å². The molecule has 1 atom stereocenters. The second-order valence-corrected chi connectivity index (χ2v) is 5.05. The topological polar surface area (TPSA) is 47.7 Å². The van der Waals surface area contributed by atoms with Crippen LogP contribution in [0.3, 0.4) is 0 Å². The van der Waals surface area contributed by atoms with Gasteiger partial charge in [0.2, 0.25) is 0 Å². The molecule has 0 radical (unpaired) electrons. The zero-order chi connectivity index (χ0) is 13.7. The molecular weight excluding hydrogens is 240 g/mol. The molecule has 1 aliphatic heterocycles. The van der Waals surface area contributed by atoms with Gasteiger partial charge in [0.05, 0.1) is 14.2 Å². The minimum absolute atomic E-state index is 0.00866. The van der Waals surface area contributed by atoms with Gasteiger partial charge in [0.25, 0.3) is 0 Å². The van der Waals surface area contributed by atoms with Crippen LogP contribution in [0.15, 0.2) is 18.2 Å². The molecule has 1 aromatic rings. The zero-order valence-corrected chi connectivity index (χ0v) is 11.9. The van der Waals surface area contributed by atoms with Gasteiger partial charge in [-0.05, 0) is 57.1 Å². The number of hydrogen-bond acceptors (Lipinski definition) is 4. The van der Waals surface area contributed by atoms with Crippen molar-refractivity contribution in [2.45, 2.75) is 25.3 Å². The number of ether oxygens (including phenoxy) is 2. The third-order valence-corrected chi connectivity index (χ3v) is 3.79. The highest BCUT2D eigenvalue weighted by atomic mass is 16.5. The molecule has 0 spiro atoms. The Hall–Kier alpha value is -1.26. The van der Waals surface area contributed by atoms with Gasteiger partial charge in [-0.3, -0.25) is 0 Å². The highest BCUT2D eigenvalue weighted by Gasteiger charge is 2.16. The van der Waals surface area contributed by atoms with Gasteiger partial charge in [0, 0.05) is 11.6 Å². The van der Waals surface area contributed by atoms with Crippen LogP contribution in [0.4, 0.5) is 0 Å². The molecule has 1 heterocycles. The molecule has 1 fully saturated rings. The first-order valence-electron chi connectivity index (χ1n) is 6.94. The van der Waals surface area contributed by atoms with Gasteiger partial charge in [-0.15, -0.1) is 0 Å². The Kier molecular flexibility index (Phi) is 5.05. The number of nitrogens with two attached hydrogens (primary N) is 1. The van der Waals surface area contributed by atoms with E-state index < -0.39 is 0 Å². The molecule has 0 bridgehead atoms. The summed E-state index contributed by atoms with van der Waals surface area (Å²) < 4.78 is 10.6. The average Bonchev–Trinajstić information content (AvgIpc) is 2.97. The van der Waals surface area contributed by atoms with E-state index in [1.807, 2.05) is 18.2 Å². The van der Waals surface area contributed by atoms with Crippen molar-refractivity contribution in [3.8, 4) is 11.5 Å². The van der Waals surface area contributed by atoms with Crippen molar-refractivity contribution in [1.29, 1.82) is 0 Å². The number of methoxy groups -OCH3 is 2. The first-order chi connectivity index (χ1) is 9.24. The van der Waals surface area contributed by atoms with Crippen LogP contribution in [0.2, 0.25) is 0 Å². The highest BCUT2D eigenvalue weighted by Crippen LogP contribution is 2.30. The highest BCUT2D eigenvalue weighted by molar-refractivity contribution is 5.42. The van der Waals surface area contributed by atoms with Gasteiger partial charge >= 0.3 is 0 Å². The third-order valence-electron chi connectivity index (χ3n) is 3.79. The van der Waals surface area contributed by atoms with E-state index in [4.69, 9.17) is 15.2 Å². The monoisotopic (exact) mass is 264 g/mol. The van der Waals surface area contributed by atoms with Crippen LogP contribution in [0.25, 0.3) is 0 Å². The quantitative estimate of drug-likeness (QED) is 0.855. The van der Waals surface area contributed by atoms with Crippen molar-refractivity contribution in [3.63, 3.8) is 0 Å². The Bertz CT molecular complexity index is 403. The van der Waals surface area contributed by atoms with Gasteiger partial charge in [0.15, 0.2) is 0 Å². The van der Waals surface area contributed by atoms with E-state index in [1.165, 1.54) is 25.9 Å². The fourth-order valence-corrected chi connectivity index (χ4v) is 2.61. The summed E-state index contributed by atoms with van der Waals surface area (Å²) in [6.07, 6.45) is 3.58. The number of benzene rings is 1. The maximum Gasteiger partial charge on any atom is 0.123 e. The lowest BCUT2D eigenvalue weighted by molar-refractivity contribution is 0.319. The molecule has 0 amide bonds. The van der Waals surface area contributed by atoms with Crippen molar-refractivity contribution in [2.24, 2.45) is 5.73 Å². The summed E-state index contributed by atoms with van der Waals surface area (Å²) in [7, 11) is 3.35. The van der Waals surface area contributed by atoms with E-state index >= 15 is 0 Å². The molecule has 1 aromatic carbocycles. The smallest absolute Gasteiger partial charge is 0.123 e. The molecule has 2 N–H and O–H groups in total. The first-order valence-corrected chi connectivity index (χ1v) is 6.94. The standard InChI is InChI=1S/C15H24N2O2/c1-18-12-5-6-15(19-2)13(11-12)14(16)7-10-17-8-3-4-9-17/h5-6,11,14H,3-4,7-10,16H2,1-2H3. The van der Waals surface area contributed by atoms with Crippen molar-refractivity contribution in [2.75, 3.05) is 33.9 Å². The molecule has 4 nitrogen and oxygen atoms in total. The Morgan fingerprint density at radius 2 is 1.95 bits per heavy atom. The lowest BCUT2D eigenvalue weighted by atomic mass is 10.0. The van der Waals surface area contributed by atoms with Crippen molar-refractivity contribution < 1.29 is 9.47 Å². The van der Waals surface area contributed by atoms with Crippen LogP contribution in [-0.4, -0.2) is 38.8 Å². The summed E-state index contributed by atoms with van der Waals surface area (Å²) in [6.45, 7) is 3.48. The molecule has 2 rings (SSSR count). The molecule has 1 unspecified atom stereocenters. The Balaban J connectivity index is 2.01. The maximum atomic E-state index is 6.31. The zero-order valence-electron chi connectivity index (χ0n) is 11.9. The van der Waals surface area contributed by atoms with Crippen LogP contribution >= 0.6 is 0 Å². The van der Waals surface area contributed by atoms with Crippen LogP contribution in [-0.2, 0) is 0 Å². The largest absolute Gasteiger partial charge is 0.497 e. The predicted molar refractivity (Wildman–Crippen MR) is 76.8 cm³/mol. The van der Waals surface area contributed by atoms with E-state index in [2.05, 4.69) is 4.90 Å². The average molecular weight is 264 g/mol. The van der Waals surface area contributed by atoms with Crippen molar-refractivity contribution in [3.05, 3.63) is 23.8 Å². The Labute approximate surface area is 115 Å². The molecule has 19 heavy (non-hydrogen) atoms. The Morgan fingerprint density at radius 3 is 2.58 bits per heavy atom. The number of rotatable bonds is 6. The lowest BCUT2D eigenvalue weighted by Gasteiger charge is -2.20.